The van der Waals surface area contributed by atoms with Gasteiger partial charge in [-0.1, -0.05) is 0 Å². The topological polar surface area (TPSA) is 279 Å². The van der Waals surface area contributed by atoms with Gasteiger partial charge in [0.1, 0.15) is 18.3 Å². The molecule has 5 rings (SSSR count). The molecule has 7 unspecified atom stereocenters. The fourth-order valence-corrected chi connectivity index (χ4v) is 14.1. The zero-order chi connectivity index (χ0) is 38.8. The van der Waals surface area contributed by atoms with Crippen molar-refractivity contribution in [1.82, 2.24) is 15.0 Å². The monoisotopic (exact) mass is 986 g/mol. The minimum absolute atomic E-state index is 0.00541. The summed E-state index contributed by atoms with van der Waals surface area (Å²) in [4.78, 5) is 0. The summed E-state index contributed by atoms with van der Waals surface area (Å²) in [5, 5.41) is 115. The van der Waals surface area contributed by atoms with E-state index in [0.717, 1.165) is 17.7 Å². The maximum absolute atomic E-state index is 11.2. The molecule has 10 N–H and O–H groups in total. The molecule has 1 aromatic heterocycles. The summed E-state index contributed by atoms with van der Waals surface area (Å²) in [7, 11) is -1.44. The fraction of sp³-hybridized carbons (Fsp3) is 0.758. The van der Waals surface area contributed by atoms with Crippen molar-refractivity contribution >= 4 is 13.3 Å². The zero-order valence-electron chi connectivity index (χ0n) is 30.1. The van der Waals surface area contributed by atoms with E-state index in [4.69, 9.17) is 23.7 Å². The SMILES string of the molecule is CCC(c1ccc([Si](C)(C)C)cc1)n1cc([CH2][Ac][C@@H]2OC(CO)[C@@H](O[C@H]3OC(CO)[C@@H](O[C@H]4OC(CO)[C@@H](O)[C@H](O)C4O)[C@H](O)C3O)[C@H](O)C2O)nn1. The van der Waals surface area contributed by atoms with Gasteiger partial charge < -0.3 is 20.4 Å². The Balaban J connectivity index is 1.19. The van der Waals surface area contributed by atoms with Crippen LogP contribution in [-0.2, 0) is 25.3 Å². The number of rotatable bonds is 14. The summed E-state index contributed by atoms with van der Waals surface area (Å²) >= 11 is -2.23. The average molecular weight is 987 g/mol. The van der Waals surface area contributed by atoms with Gasteiger partial charge in [-0.25, -0.2) is 0 Å². The Morgan fingerprint density at radius 1 is 0.717 bits per heavy atom. The molecule has 3 aliphatic rings. The molecule has 0 radical (unpaired) electrons. The van der Waals surface area contributed by atoms with Crippen LogP contribution in [0.15, 0.2) is 30.5 Å². The van der Waals surface area contributed by atoms with E-state index in [1.165, 1.54) is 5.19 Å². The molecule has 3 fully saturated rings. The second-order valence-corrected chi connectivity index (χ2v) is 26.2. The third-order valence-corrected chi connectivity index (χ3v) is 19.1. The molecule has 0 amide bonds. The first kappa shape index (κ1) is 43.5. The molecule has 18 nitrogen and oxygen atoms in total. The molecule has 0 spiro atoms. The van der Waals surface area contributed by atoms with Gasteiger partial charge in [0.2, 0.25) is 0 Å². The Morgan fingerprint density at radius 3 is 1.79 bits per heavy atom. The van der Waals surface area contributed by atoms with E-state index in [0.29, 0.717) is 1.60 Å². The number of benzene rings is 1. The van der Waals surface area contributed by atoms with E-state index in [1.807, 2.05) is 10.9 Å². The number of hydrogen-bond donors (Lipinski definition) is 10. The molecule has 3 saturated heterocycles. The molecule has 20 heteroatoms. The molecule has 0 aliphatic carbocycles. The van der Waals surface area contributed by atoms with Gasteiger partial charge in [-0.15, -0.1) is 0 Å². The number of nitrogens with zero attached hydrogens (tertiary/aromatic N) is 3. The van der Waals surface area contributed by atoms with E-state index in [-0.39, 0.29) is 6.04 Å². The number of aliphatic hydroxyl groups excluding tert-OH is 10. The summed E-state index contributed by atoms with van der Waals surface area (Å²) in [6.07, 6.45) is -19.6. The first-order valence-electron chi connectivity index (χ1n) is 17.8. The van der Waals surface area contributed by atoms with Crippen LogP contribution in [0.4, 0.5) is 0 Å². The van der Waals surface area contributed by atoms with Crippen LogP contribution >= 0.6 is 0 Å². The van der Waals surface area contributed by atoms with Crippen molar-refractivity contribution < 1.29 is 114 Å². The molecular weight excluding hydrogens is 933 g/mol. The summed E-state index contributed by atoms with van der Waals surface area (Å²) < 4.78 is 30.1. The molecule has 3 aliphatic heterocycles. The Labute approximate surface area is 329 Å². The summed E-state index contributed by atoms with van der Waals surface area (Å²) in [5.74, 6) is 0. The maximum atomic E-state index is 11.2. The van der Waals surface area contributed by atoms with Crippen molar-refractivity contribution in [3.63, 3.8) is 0 Å². The second kappa shape index (κ2) is 18.8. The Morgan fingerprint density at radius 2 is 1.25 bits per heavy atom. The second-order valence-electron chi connectivity index (χ2n) is 14.8. The van der Waals surface area contributed by atoms with Crippen molar-refractivity contribution in [2.45, 2.75) is 128 Å². The number of ether oxygens (including phenoxy) is 5. The molecule has 4 heterocycles. The summed E-state index contributed by atoms with van der Waals surface area (Å²) in [5.41, 5.74) is 1.86. The average Bonchev–Trinajstić information content (AvgIpc) is 3.61. The van der Waals surface area contributed by atoms with Crippen LogP contribution in [0.2, 0.25) is 19.6 Å². The molecule has 0 saturated carbocycles. The summed E-state index contributed by atoms with van der Waals surface area (Å²) in [6, 6.07) is 8.65. The van der Waals surface area contributed by atoms with Gasteiger partial charge in [0, 0.05) is 0 Å². The van der Waals surface area contributed by atoms with Crippen LogP contribution in [0.3, 0.4) is 0 Å². The molecule has 1 aromatic carbocycles. The first-order valence-corrected chi connectivity index (χ1v) is 27.4. The first-order chi connectivity index (χ1) is 25.1. The van der Waals surface area contributed by atoms with Crippen molar-refractivity contribution in [2.75, 3.05) is 19.8 Å². The minimum atomic E-state index is -2.23. The van der Waals surface area contributed by atoms with E-state index < -0.39 is 155 Å². The van der Waals surface area contributed by atoms with Crippen LogP contribution in [0.5, 0.6) is 0 Å². The molecule has 297 valence electrons. The van der Waals surface area contributed by atoms with Gasteiger partial charge >= 0.3 is 287 Å². The summed E-state index contributed by atoms with van der Waals surface area (Å²) in [6.45, 7) is 6.83. The van der Waals surface area contributed by atoms with Crippen molar-refractivity contribution in [2.24, 2.45) is 0 Å². The number of aromatic nitrogens is 3. The number of hydrogen-bond acceptors (Lipinski definition) is 17. The third kappa shape index (κ3) is 9.76. The van der Waals surface area contributed by atoms with E-state index in [2.05, 4.69) is 61.1 Å². The van der Waals surface area contributed by atoms with Gasteiger partial charge in [-0.2, -0.15) is 0 Å². The van der Waals surface area contributed by atoms with Crippen molar-refractivity contribution in [1.29, 1.82) is 0 Å². The molecule has 16 atom stereocenters. The molecule has 2 aromatic rings. The van der Waals surface area contributed by atoms with Crippen LogP contribution in [0, 0.1) is 39.7 Å². The Kier molecular flexibility index (Phi) is 15.4. The molecular formula is C33H53AcN3O15Si. The van der Waals surface area contributed by atoms with E-state index in [1.54, 1.807) is 0 Å². The quantitative estimate of drug-likeness (QED) is 0.0805. The number of aliphatic hydroxyl groups is 10. The zero-order valence-corrected chi connectivity index (χ0v) is 35.8. The van der Waals surface area contributed by atoms with Crippen LogP contribution in [0.1, 0.15) is 30.6 Å². The normalized spacial score (nSPS) is 38.7. The van der Waals surface area contributed by atoms with Crippen molar-refractivity contribution in [3.05, 3.63) is 41.7 Å². The van der Waals surface area contributed by atoms with Gasteiger partial charge in [-0.05, 0) is 0 Å². The van der Waals surface area contributed by atoms with E-state index in [9.17, 15) is 51.1 Å². The fourth-order valence-electron chi connectivity index (χ4n) is 6.88. The Bertz CT molecular complexity index is 1440. The Hall–Kier alpha value is -0.582. The molecule has 53 heavy (non-hydrogen) atoms. The van der Waals surface area contributed by atoms with Crippen LogP contribution in [-0.4, -0.2) is 181 Å². The standard InChI is InChI=1S/C18H31O15.C15H22N3Si.Ac/c19-1-6-10(24)11(25)13(27)17(30-6)33-16-8(3-21)31-18(14(28)12(16)26)32-15-7(2-20)29-4-5(22)9(15)23;1-6-15(18-11-12(2)16-17-18)13-7-9-14(10-8-13)19(3,4)5;/h4-28H,1-3H2;7-11,15H,2,6H2,1,3-5H3;/t5?,6?,7?,8?,9-,10-,11+,12-,13?,14?,15-,16-,17-,18-;;/m1../s1. The van der Waals surface area contributed by atoms with Crippen LogP contribution < -0.4 is 5.19 Å². The van der Waals surface area contributed by atoms with Gasteiger partial charge in [0.25, 0.3) is 0 Å². The third-order valence-electron chi connectivity index (χ3n) is 10.1. The van der Waals surface area contributed by atoms with Gasteiger partial charge in [0.15, 0.2) is 0 Å². The predicted molar refractivity (Wildman–Crippen MR) is 181 cm³/mol. The van der Waals surface area contributed by atoms with E-state index >= 15 is 0 Å². The van der Waals surface area contributed by atoms with Gasteiger partial charge in [0.05, 0.1) is 6.61 Å². The predicted octanol–water partition coefficient (Wildman–Crippen LogP) is -4.14. The van der Waals surface area contributed by atoms with Crippen LogP contribution in [0.25, 0.3) is 0 Å². The van der Waals surface area contributed by atoms with Gasteiger partial charge in [-0.3, -0.25) is 0 Å². The van der Waals surface area contributed by atoms with Crippen molar-refractivity contribution in [3.8, 4) is 0 Å². The molecule has 0 bridgehead atoms.